The second-order valence-corrected chi connectivity index (χ2v) is 5.21. The van der Waals surface area contributed by atoms with Crippen LogP contribution in [0.5, 0.6) is 0 Å². The van der Waals surface area contributed by atoms with Crippen molar-refractivity contribution in [3.63, 3.8) is 0 Å². The zero-order valence-electron chi connectivity index (χ0n) is 9.24. The van der Waals surface area contributed by atoms with Gasteiger partial charge in [-0.15, -0.1) is 0 Å². The molecule has 0 aromatic heterocycles. The van der Waals surface area contributed by atoms with E-state index in [0.29, 0.717) is 6.04 Å². The maximum atomic E-state index is 5.99. The molecule has 1 saturated heterocycles. The standard InChI is InChI=1S/C13H18N2/c1-10(11-4-2-3-5-12(11)14)15-8-13(9-15)6-7-13/h2-5,10H,6-9,14H2,1H3. The molecule has 1 heterocycles. The number of rotatable bonds is 2. The summed E-state index contributed by atoms with van der Waals surface area (Å²) in [5, 5.41) is 0. The third-order valence-corrected chi connectivity index (χ3v) is 4.03. The molecule has 15 heavy (non-hydrogen) atoms. The van der Waals surface area contributed by atoms with Crippen LogP contribution < -0.4 is 5.73 Å². The number of benzene rings is 1. The fraction of sp³-hybridized carbons (Fsp3) is 0.538. The van der Waals surface area contributed by atoms with Gasteiger partial charge >= 0.3 is 0 Å². The van der Waals surface area contributed by atoms with Crippen molar-refractivity contribution < 1.29 is 0 Å². The van der Waals surface area contributed by atoms with Crippen LogP contribution in [0.1, 0.15) is 31.4 Å². The van der Waals surface area contributed by atoms with Crippen LogP contribution in [-0.4, -0.2) is 18.0 Å². The van der Waals surface area contributed by atoms with E-state index in [0.717, 1.165) is 11.1 Å². The van der Waals surface area contributed by atoms with E-state index < -0.39 is 0 Å². The van der Waals surface area contributed by atoms with Crippen molar-refractivity contribution in [3.8, 4) is 0 Å². The highest BCUT2D eigenvalue weighted by Gasteiger charge is 2.53. The first-order valence-electron chi connectivity index (χ1n) is 5.79. The lowest BCUT2D eigenvalue weighted by Gasteiger charge is -2.44. The second-order valence-electron chi connectivity index (χ2n) is 5.21. The number of likely N-dealkylation sites (tertiary alicyclic amines) is 1. The van der Waals surface area contributed by atoms with Crippen LogP contribution in [-0.2, 0) is 0 Å². The third kappa shape index (κ3) is 1.44. The van der Waals surface area contributed by atoms with Gasteiger partial charge in [0.2, 0.25) is 0 Å². The van der Waals surface area contributed by atoms with Crippen molar-refractivity contribution in [3.05, 3.63) is 29.8 Å². The summed E-state index contributed by atoms with van der Waals surface area (Å²) >= 11 is 0. The Morgan fingerprint density at radius 3 is 2.53 bits per heavy atom. The summed E-state index contributed by atoms with van der Waals surface area (Å²) in [5.41, 5.74) is 8.95. The highest BCUT2D eigenvalue weighted by molar-refractivity contribution is 5.48. The summed E-state index contributed by atoms with van der Waals surface area (Å²) in [6, 6.07) is 8.72. The third-order valence-electron chi connectivity index (χ3n) is 4.03. The van der Waals surface area contributed by atoms with Crippen LogP contribution in [0.25, 0.3) is 0 Å². The normalized spacial score (nSPS) is 24.9. The molecule has 80 valence electrons. The van der Waals surface area contributed by atoms with Gasteiger partial charge in [-0.1, -0.05) is 18.2 Å². The number of nitrogen functional groups attached to an aromatic ring is 1. The van der Waals surface area contributed by atoms with E-state index in [1.54, 1.807) is 0 Å². The number of hydrogen-bond acceptors (Lipinski definition) is 2. The molecular formula is C13H18N2. The molecular weight excluding hydrogens is 184 g/mol. The molecule has 1 unspecified atom stereocenters. The van der Waals surface area contributed by atoms with E-state index in [2.05, 4.69) is 24.0 Å². The van der Waals surface area contributed by atoms with E-state index in [9.17, 15) is 0 Å². The van der Waals surface area contributed by atoms with E-state index >= 15 is 0 Å². The van der Waals surface area contributed by atoms with Crippen molar-refractivity contribution in [1.82, 2.24) is 4.90 Å². The Hall–Kier alpha value is -1.02. The number of hydrogen-bond donors (Lipinski definition) is 1. The van der Waals surface area contributed by atoms with Crippen LogP contribution in [0.4, 0.5) is 5.69 Å². The molecule has 2 aliphatic rings. The SMILES string of the molecule is CC(c1ccccc1N)N1CC2(CC2)C1. The molecule has 1 atom stereocenters. The molecule has 0 radical (unpaired) electrons. The lowest BCUT2D eigenvalue weighted by Crippen LogP contribution is -2.49. The summed E-state index contributed by atoms with van der Waals surface area (Å²) in [6.45, 7) is 4.83. The fourth-order valence-corrected chi connectivity index (χ4v) is 2.67. The second kappa shape index (κ2) is 2.99. The molecule has 2 N–H and O–H groups in total. The monoisotopic (exact) mass is 202 g/mol. The average Bonchev–Trinajstić information content (AvgIpc) is 2.95. The average molecular weight is 202 g/mol. The minimum atomic E-state index is 0.484. The lowest BCUT2D eigenvalue weighted by molar-refractivity contribution is 0.0432. The predicted molar refractivity (Wildman–Crippen MR) is 62.5 cm³/mol. The summed E-state index contributed by atoms with van der Waals surface area (Å²) in [4.78, 5) is 2.54. The first-order valence-corrected chi connectivity index (χ1v) is 5.79. The van der Waals surface area contributed by atoms with Crippen molar-refractivity contribution in [2.45, 2.75) is 25.8 Å². The fourth-order valence-electron chi connectivity index (χ4n) is 2.67. The Bertz CT molecular complexity index is 374. The topological polar surface area (TPSA) is 29.3 Å². The summed E-state index contributed by atoms with van der Waals surface area (Å²) in [6.07, 6.45) is 2.89. The van der Waals surface area contributed by atoms with E-state index in [1.165, 1.54) is 31.5 Å². The Morgan fingerprint density at radius 1 is 1.27 bits per heavy atom. The molecule has 1 aromatic rings. The number of para-hydroxylation sites is 1. The molecule has 3 rings (SSSR count). The molecule has 2 fully saturated rings. The molecule has 1 saturated carbocycles. The van der Waals surface area contributed by atoms with Gasteiger partial charge < -0.3 is 5.73 Å². The van der Waals surface area contributed by atoms with Crippen LogP contribution in [0.3, 0.4) is 0 Å². The zero-order chi connectivity index (χ0) is 10.5. The van der Waals surface area contributed by atoms with E-state index in [1.807, 2.05) is 12.1 Å². The first kappa shape index (κ1) is 9.22. The molecule has 1 aromatic carbocycles. The zero-order valence-corrected chi connectivity index (χ0v) is 9.24. The maximum absolute atomic E-state index is 5.99. The van der Waals surface area contributed by atoms with Gasteiger partial charge in [-0.2, -0.15) is 0 Å². The lowest BCUT2D eigenvalue weighted by atomic mass is 9.92. The van der Waals surface area contributed by atoms with Gasteiger partial charge in [0.15, 0.2) is 0 Å². The van der Waals surface area contributed by atoms with Crippen LogP contribution in [0, 0.1) is 5.41 Å². The molecule has 2 heteroatoms. The van der Waals surface area contributed by atoms with Crippen LogP contribution >= 0.6 is 0 Å². The quantitative estimate of drug-likeness (QED) is 0.746. The van der Waals surface area contributed by atoms with Crippen molar-refractivity contribution in [2.75, 3.05) is 18.8 Å². The largest absolute Gasteiger partial charge is 0.398 e. The highest BCUT2D eigenvalue weighted by atomic mass is 15.2. The minimum Gasteiger partial charge on any atom is -0.398 e. The van der Waals surface area contributed by atoms with Gasteiger partial charge in [0.05, 0.1) is 0 Å². The molecule has 1 spiro atoms. The Balaban J connectivity index is 1.74. The maximum Gasteiger partial charge on any atom is 0.0362 e. The predicted octanol–water partition coefficient (Wildman–Crippen LogP) is 2.43. The Kier molecular flexibility index (Phi) is 1.84. The summed E-state index contributed by atoms with van der Waals surface area (Å²) in [5.74, 6) is 0. The smallest absolute Gasteiger partial charge is 0.0362 e. The van der Waals surface area contributed by atoms with Gasteiger partial charge in [-0.25, -0.2) is 0 Å². The molecule has 2 nitrogen and oxygen atoms in total. The van der Waals surface area contributed by atoms with Gasteiger partial charge in [0, 0.05) is 24.8 Å². The van der Waals surface area contributed by atoms with Crippen LogP contribution in [0.2, 0.25) is 0 Å². The van der Waals surface area contributed by atoms with Gasteiger partial charge in [-0.05, 0) is 36.8 Å². The van der Waals surface area contributed by atoms with Crippen molar-refractivity contribution in [1.29, 1.82) is 0 Å². The summed E-state index contributed by atoms with van der Waals surface area (Å²) in [7, 11) is 0. The number of anilines is 1. The first-order chi connectivity index (χ1) is 7.20. The Labute approximate surface area is 91.1 Å². The number of nitrogens with two attached hydrogens (primary N) is 1. The van der Waals surface area contributed by atoms with Crippen molar-refractivity contribution in [2.24, 2.45) is 5.41 Å². The van der Waals surface area contributed by atoms with Crippen LogP contribution in [0.15, 0.2) is 24.3 Å². The minimum absolute atomic E-state index is 0.484. The Morgan fingerprint density at radius 2 is 1.93 bits per heavy atom. The van der Waals surface area contributed by atoms with E-state index in [4.69, 9.17) is 5.73 Å². The molecule has 1 aliphatic heterocycles. The molecule has 1 aliphatic carbocycles. The van der Waals surface area contributed by atoms with E-state index in [-0.39, 0.29) is 0 Å². The van der Waals surface area contributed by atoms with Gasteiger partial charge in [0.1, 0.15) is 0 Å². The van der Waals surface area contributed by atoms with Gasteiger partial charge in [-0.3, -0.25) is 4.90 Å². The van der Waals surface area contributed by atoms with Gasteiger partial charge in [0.25, 0.3) is 0 Å². The molecule has 0 bridgehead atoms. The molecule has 0 amide bonds. The number of nitrogens with zero attached hydrogens (tertiary/aromatic N) is 1. The van der Waals surface area contributed by atoms with Crippen molar-refractivity contribution >= 4 is 5.69 Å². The summed E-state index contributed by atoms with van der Waals surface area (Å²) < 4.78 is 0. The highest BCUT2D eigenvalue weighted by Crippen LogP contribution is 2.55.